The molecule has 1 rings (SSSR count). The first-order valence-corrected chi connectivity index (χ1v) is 9.07. The third-order valence-corrected chi connectivity index (χ3v) is 4.84. The molecule has 0 aliphatic carbocycles. The molecule has 0 aliphatic heterocycles. The molecule has 1 heterocycles. The Morgan fingerprint density at radius 1 is 1.10 bits per heavy atom. The fourth-order valence-electron chi connectivity index (χ4n) is 2.35. The number of aryl methyl sites for hydroxylation is 2. The Kier molecular flexibility index (Phi) is 7.96. The van der Waals surface area contributed by atoms with E-state index in [-0.39, 0.29) is 0 Å². The van der Waals surface area contributed by atoms with Gasteiger partial charge in [0.25, 0.3) is 0 Å². The van der Waals surface area contributed by atoms with Crippen LogP contribution in [0.3, 0.4) is 0 Å². The van der Waals surface area contributed by atoms with E-state index >= 15 is 0 Å². The molecule has 0 amide bonds. The highest BCUT2D eigenvalue weighted by Crippen LogP contribution is 2.23. The van der Waals surface area contributed by atoms with Gasteiger partial charge in [-0.3, -0.25) is 9.58 Å². The zero-order valence-electron chi connectivity index (χ0n) is 14.6. The first-order chi connectivity index (χ1) is 9.85. The number of nitrogens with zero attached hydrogens (tertiary/aromatic N) is 3. The van der Waals surface area contributed by atoms with Gasteiger partial charge in [-0.05, 0) is 60.1 Å². The molecule has 0 saturated heterocycles. The fraction of sp³-hybridized carbons (Fsp3) is 0.824. The molecule has 0 aromatic carbocycles. The van der Waals surface area contributed by atoms with Gasteiger partial charge in [-0.1, -0.05) is 34.6 Å². The monoisotopic (exact) mass is 357 g/mol. The summed E-state index contributed by atoms with van der Waals surface area (Å²) in [6.45, 7) is 14.7. The van der Waals surface area contributed by atoms with Crippen LogP contribution in [0.25, 0.3) is 0 Å². The molecule has 0 bridgehead atoms. The summed E-state index contributed by atoms with van der Waals surface area (Å²) in [4.78, 5) is 2.58. The molecule has 0 atom stereocenters. The number of hydrogen-bond acceptors (Lipinski definition) is 2. The Balaban J connectivity index is 2.76. The van der Waals surface area contributed by atoms with E-state index in [2.05, 4.69) is 67.6 Å². The zero-order chi connectivity index (χ0) is 16.0. The SMILES string of the molecule is CCc1nn(C)c(CN(CCC(C)C)CCC(C)C)c1Br. The largest absolute Gasteiger partial charge is 0.297 e. The molecule has 4 heteroatoms. The van der Waals surface area contributed by atoms with E-state index in [9.17, 15) is 0 Å². The van der Waals surface area contributed by atoms with Crippen molar-refractivity contribution in [1.29, 1.82) is 0 Å². The molecule has 0 N–H and O–H groups in total. The Morgan fingerprint density at radius 2 is 1.62 bits per heavy atom. The molecule has 1 aromatic rings. The maximum atomic E-state index is 4.62. The van der Waals surface area contributed by atoms with Crippen LogP contribution < -0.4 is 0 Å². The van der Waals surface area contributed by atoms with E-state index in [0.717, 1.165) is 24.8 Å². The number of hydrogen-bond donors (Lipinski definition) is 0. The second kappa shape index (κ2) is 8.94. The summed E-state index contributed by atoms with van der Waals surface area (Å²) in [7, 11) is 2.06. The molecule has 122 valence electrons. The first kappa shape index (κ1) is 18.7. The summed E-state index contributed by atoms with van der Waals surface area (Å²) in [6.07, 6.45) is 3.49. The van der Waals surface area contributed by atoms with E-state index < -0.39 is 0 Å². The molecule has 0 saturated carbocycles. The quantitative estimate of drug-likeness (QED) is 0.641. The summed E-state index contributed by atoms with van der Waals surface area (Å²) in [5, 5.41) is 4.62. The third kappa shape index (κ3) is 6.11. The predicted molar refractivity (Wildman–Crippen MR) is 94.5 cm³/mol. The number of rotatable bonds is 9. The summed E-state index contributed by atoms with van der Waals surface area (Å²) in [6, 6.07) is 0. The standard InChI is InChI=1S/C17H32BrN3/c1-7-15-17(18)16(20(6)19-15)12-21(10-8-13(2)3)11-9-14(4)5/h13-14H,7-12H2,1-6H3. The molecule has 0 fully saturated rings. The van der Waals surface area contributed by atoms with Crippen molar-refractivity contribution in [3.05, 3.63) is 15.9 Å². The molecule has 0 unspecified atom stereocenters. The van der Waals surface area contributed by atoms with Gasteiger partial charge >= 0.3 is 0 Å². The van der Waals surface area contributed by atoms with Crippen LogP contribution in [0.4, 0.5) is 0 Å². The second-order valence-corrected chi connectivity index (χ2v) is 7.62. The van der Waals surface area contributed by atoms with Crippen molar-refractivity contribution < 1.29 is 0 Å². The minimum Gasteiger partial charge on any atom is -0.297 e. The average molecular weight is 358 g/mol. The number of aromatic nitrogens is 2. The van der Waals surface area contributed by atoms with Gasteiger partial charge in [-0.15, -0.1) is 0 Å². The summed E-state index contributed by atoms with van der Waals surface area (Å²) < 4.78 is 3.24. The van der Waals surface area contributed by atoms with Crippen LogP contribution in [0.5, 0.6) is 0 Å². The van der Waals surface area contributed by atoms with E-state index in [0.29, 0.717) is 0 Å². The second-order valence-electron chi connectivity index (χ2n) is 6.83. The lowest BCUT2D eigenvalue weighted by Gasteiger charge is -2.24. The van der Waals surface area contributed by atoms with Crippen LogP contribution in [0.2, 0.25) is 0 Å². The van der Waals surface area contributed by atoms with Crippen molar-refractivity contribution in [3.8, 4) is 0 Å². The van der Waals surface area contributed by atoms with Crippen molar-refractivity contribution in [2.24, 2.45) is 18.9 Å². The molecule has 21 heavy (non-hydrogen) atoms. The van der Waals surface area contributed by atoms with Crippen molar-refractivity contribution in [2.45, 2.75) is 60.4 Å². The first-order valence-electron chi connectivity index (χ1n) is 8.27. The summed E-state index contributed by atoms with van der Waals surface area (Å²) >= 11 is 3.74. The van der Waals surface area contributed by atoms with Crippen LogP contribution in [-0.4, -0.2) is 27.8 Å². The highest BCUT2D eigenvalue weighted by atomic mass is 79.9. The molecule has 0 radical (unpaired) electrons. The van der Waals surface area contributed by atoms with Crippen molar-refractivity contribution in [2.75, 3.05) is 13.1 Å². The van der Waals surface area contributed by atoms with Gasteiger partial charge < -0.3 is 0 Å². The Hall–Kier alpha value is -0.350. The van der Waals surface area contributed by atoms with E-state index in [1.54, 1.807) is 0 Å². The van der Waals surface area contributed by atoms with Crippen LogP contribution in [-0.2, 0) is 20.0 Å². The highest BCUT2D eigenvalue weighted by Gasteiger charge is 2.16. The van der Waals surface area contributed by atoms with E-state index in [1.807, 2.05) is 4.68 Å². The molecule has 3 nitrogen and oxygen atoms in total. The van der Waals surface area contributed by atoms with Crippen molar-refractivity contribution >= 4 is 15.9 Å². The van der Waals surface area contributed by atoms with Crippen LogP contribution in [0, 0.1) is 11.8 Å². The van der Waals surface area contributed by atoms with Gasteiger partial charge in [0, 0.05) is 13.6 Å². The maximum Gasteiger partial charge on any atom is 0.0767 e. The van der Waals surface area contributed by atoms with Gasteiger partial charge in [-0.25, -0.2) is 0 Å². The normalized spacial score (nSPS) is 12.1. The maximum absolute atomic E-state index is 4.62. The highest BCUT2D eigenvalue weighted by molar-refractivity contribution is 9.10. The Morgan fingerprint density at radius 3 is 2.00 bits per heavy atom. The van der Waals surface area contributed by atoms with Gasteiger partial charge in [0.15, 0.2) is 0 Å². The van der Waals surface area contributed by atoms with Crippen LogP contribution in [0.15, 0.2) is 4.47 Å². The molecular weight excluding hydrogens is 326 g/mol. The topological polar surface area (TPSA) is 21.1 Å². The van der Waals surface area contributed by atoms with Crippen molar-refractivity contribution in [1.82, 2.24) is 14.7 Å². The molecule has 0 aliphatic rings. The van der Waals surface area contributed by atoms with Crippen molar-refractivity contribution in [3.63, 3.8) is 0 Å². The van der Waals surface area contributed by atoms with E-state index in [1.165, 1.54) is 41.8 Å². The smallest absolute Gasteiger partial charge is 0.0767 e. The van der Waals surface area contributed by atoms with Gasteiger partial charge in [-0.2, -0.15) is 5.10 Å². The van der Waals surface area contributed by atoms with Gasteiger partial charge in [0.2, 0.25) is 0 Å². The molecule has 1 aromatic heterocycles. The summed E-state index contributed by atoms with van der Waals surface area (Å²) in [5.74, 6) is 1.51. The molecule has 0 spiro atoms. The predicted octanol–water partition coefficient (Wildman–Crippen LogP) is 4.64. The van der Waals surface area contributed by atoms with Crippen LogP contribution >= 0.6 is 15.9 Å². The average Bonchev–Trinajstić information content (AvgIpc) is 2.68. The minimum atomic E-state index is 0.757. The van der Waals surface area contributed by atoms with Gasteiger partial charge in [0.1, 0.15) is 0 Å². The van der Waals surface area contributed by atoms with E-state index in [4.69, 9.17) is 0 Å². The third-order valence-electron chi connectivity index (χ3n) is 3.92. The molecular formula is C17H32BrN3. The minimum absolute atomic E-state index is 0.757. The lowest BCUT2D eigenvalue weighted by molar-refractivity contribution is 0.230. The zero-order valence-corrected chi connectivity index (χ0v) is 16.2. The Labute approximate surface area is 139 Å². The van der Waals surface area contributed by atoms with Crippen LogP contribution in [0.1, 0.15) is 58.8 Å². The fourth-order valence-corrected chi connectivity index (χ4v) is 3.10. The Bertz CT molecular complexity index is 412. The lowest BCUT2D eigenvalue weighted by Crippen LogP contribution is -2.28. The van der Waals surface area contributed by atoms with Gasteiger partial charge in [0.05, 0.1) is 15.9 Å². The summed E-state index contributed by atoms with van der Waals surface area (Å²) in [5.41, 5.74) is 2.47. The number of halogens is 1. The lowest BCUT2D eigenvalue weighted by atomic mass is 10.1.